The van der Waals surface area contributed by atoms with E-state index in [9.17, 15) is 9.59 Å². The molecule has 1 heterocycles. The first-order chi connectivity index (χ1) is 12.4. The predicted octanol–water partition coefficient (Wildman–Crippen LogP) is 3.29. The third-order valence-electron chi connectivity index (χ3n) is 4.51. The molecule has 140 valence electrons. The molecule has 2 amide bonds. The average Bonchev–Trinajstić information content (AvgIpc) is 2.60. The monoisotopic (exact) mass is 355 g/mol. The van der Waals surface area contributed by atoms with Crippen molar-refractivity contribution in [1.82, 2.24) is 15.2 Å². The van der Waals surface area contributed by atoms with Gasteiger partial charge < -0.3 is 15.2 Å². The Morgan fingerprint density at radius 3 is 2.50 bits per heavy atom. The van der Waals surface area contributed by atoms with Gasteiger partial charge in [-0.1, -0.05) is 50.2 Å². The Kier molecular flexibility index (Phi) is 7.01. The minimum Gasteiger partial charge on any atom is -0.338 e. The van der Waals surface area contributed by atoms with E-state index in [0.717, 1.165) is 6.42 Å². The standard InChI is InChI=1S/C21H29N3O2/c1-17(16-21(2,3)18-10-5-4-6-11-18)23-20(26)22-13-9-15-24-14-8-7-12-19(24)25/h4-8,10-12,14,17H,9,13,15-16H2,1-3H3,(H2,22,23,26). The number of carbonyl (C=O) groups is 1. The van der Waals surface area contributed by atoms with Gasteiger partial charge in [-0.3, -0.25) is 4.79 Å². The second-order valence-electron chi connectivity index (χ2n) is 7.34. The summed E-state index contributed by atoms with van der Waals surface area (Å²) in [5, 5.41) is 5.86. The van der Waals surface area contributed by atoms with Crippen LogP contribution in [0.4, 0.5) is 4.79 Å². The van der Waals surface area contributed by atoms with Crippen LogP contribution < -0.4 is 16.2 Å². The van der Waals surface area contributed by atoms with Gasteiger partial charge in [-0.05, 0) is 36.8 Å². The highest BCUT2D eigenvalue weighted by molar-refractivity contribution is 5.74. The van der Waals surface area contributed by atoms with Crippen LogP contribution in [0.2, 0.25) is 0 Å². The summed E-state index contributed by atoms with van der Waals surface area (Å²) in [4.78, 5) is 23.7. The highest BCUT2D eigenvalue weighted by atomic mass is 16.2. The molecule has 2 aromatic rings. The SMILES string of the molecule is CC(CC(C)(C)c1ccccc1)NC(=O)NCCCn1ccccc1=O. The van der Waals surface area contributed by atoms with Gasteiger partial charge in [0.2, 0.25) is 5.56 Å². The summed E-state index contributed by atoms with van der Waals surface area (Å²) in [5.74, 6) is 0. The van der Waals surface area contributed by atoms with Crippen molar-refractivity contribution in [3.05, 3.63) is 70.6 Å². The van der Waals surface area contributed by atoms with Crippen molar-refractivity contribution in [3.63, 3.8) is 0 Å². The molecule has 0 saturated heterocycles. The smallest absolute Gasteiger partial charge is 0.314 e. The number of amides is 2. The van der Waals surface area contributed by atoms with E-state index in [1.165, 1.54) is 11.6 Å². The van der Waals surface area contributed by atoms with Gasteiger partial charge in [-0.15, -0.1) is 0 Å². The first-order valence-electron chi connectivity index (χ1n) is 9.14. The van der Waals surface area contributed by atoms with Gasteiger partial charge in [0, 0.05) is 31.4 Å². The highest BCUT2D eigenvalue weighted by Gasteiger charge is 2.23. The fourth-order valence-electron chi connectivity index (χ4n) is 3.20. The summed E-state index contributed by atoms with van der Waals surface area (Å²) in [5.41, 5.74) is 1.23. The molecule has 2 N–H and O–H groups in total. The number of benzene rings is 1. The molecule has 0 aliphatic heterocycles. The molecule has 1 aromatic heterocycles. The van der Waals surface area contributed by atoms with E-state index in [4.69, 9.17) is 0 Å². The van der Waals surface area contributed by atoms with Crippen molar-refractivity contribution in [2.24, 2.45) is 0 Å². The van der Waals surface area contributed by atoms with Crippen molar-refractivity contribution >= 4 is 6.03 Å². The molecule has 0 spiro atoms. The number of aromatic nitrogens is 1. The number of carbonyl (C=O) groups excluding carboxylic acids is 1. The van der Waals surface area contributed by atoms with Crippen LogP contribution in [0, 0.1) is 0 Å². The number of nitrogens with zero attached hydrogens (tertiary/aromatic N) is 1. The Balaban J connectivity index is 1.72. The minimum absolute atomic E-state index is 0.0115. The topological polar surface area (TPSA) is 63.1 Å². The largest absolute Gasteiger partial charge is 0.338 e. The lowest BCUT2D eigenvalue weighted by Crippen LogP contribution is -2.43. The van der Waals surface area contributed by atoms with Gasteiger partial charge in [0.05, 0.1) is 0 Å². The molecule has 2 rings (SSSR count). The van der Waals surface area contributed by atoms with Crippen LogP contribution in [0.5, 0.6) is 0 Å². The lowest BCUT2D eigenvalue weighted by molar-refractivity contribution is 0.234. The second kappa shape index (κ2) is 9.22. The lowest BCUT2D eigenvalue weighted by Gasteiger charge is -2.29. The van der Waals surface area contributed by atoms with Crippen LogP contribution in [0.15, 0.2) is 59.5 Å². The molecule has 26 heavy (non-hydrogen) atoms. The van der Waals surface area contributed by atoms with Gasteiger partial charge in [-0.25, -0.2) is 4.79 Å². The van der Waals surface area contributed by atoms with E-state index in [0.29, 0.717) is 19.5 Å². The Hall–Kier alpha value is -2.56. The van der Waals surface area contributed by atoms with Crippen LogP contribution >= 0.6 is 0 Å². The van der Waals surface area contributed by atoms with Crippen molar-refractivity contribution in [2.75, 3.05) is 6.54 Å². The maximum absolute atomic E-state index is 12.1. The number of aryl methyl sites for hydroxylation is 1. The number of rotatable bonds is 8. The van der Waals surface area contributed by atoms with Crippen LogP contribution in [0.1, 0.15) is 39.2 Å². The Morgan fingerprint density at radius 1 is 1.12 bits per heavy atom. The molecule has 5 heteroatoms. The van der Waals surface area contributed by atoms with E-state index < -0.39 is 0 Å². The first-order valence-corrected chi connectivity index (χ1v) is 9.14. The van der Waals surface area contributed by atoms with Crippen LogP contribution in [-0.2, 0) is 12.0 Å². The molecule has 0 fully saturated rings. The third-order valence-corrected chi connectivity index (χ3v) is 4.51. The van der Waals surface area contributed by atoms with Crippen LogP contribution in [0.3, 0.4) is 0 Å². The van der Waals surface area contributed by atoms with E-state index in [1.807, 2.05) is 31.2 Å². The number of nitrogens with one attached hydrogen (secondary N) is 2. The first kappa shape index (κ1) is 19.8. The van der Waals surface area contributed by atoms with Crippen molar-refractivity contribution in [3.8, 4) is 0 Å². The molecule has 0 aliphatic rings. The van der Waals surface area contributed by atoms with E-state index in [2.05, 4.69) is 36.6 Å². The highest BCUT2D eigenvalue weighted by Crippen LogP contribution is 2.27. The molecule has 1 aromatic carbocycles. The molecule has 5 nitrogen and oxygen atoms in total. The summed E-state index contributed by atoms with van der Waals surface area (Å²) < 4.78 is 1.64. The average molecular weight is 355 g/mol. The van der Waals surface area contributed by atoms with Crippen molar-refractivity contribution < 1.29 is 4.79 Å². The van der Waals surface area contributed by atoms with Gasteiger partial charge in [0.15, 0.2) is 0 Å². The molecule has 0 radical (unpaired) electrons. The predicted molar refractivity (Wildman–Crippen MR) is 105 cm³/mol. The van der Waals surface area contributed by atoms with Gasteiger partial charge in [0.25, 0.3) is 0 Å². The quantitative estimate of drug-likeness (QED) is 0.714. The van der Waals surface area contributed by atoms with Crippen molar-refractivity contribution in [2.45, 2.75) is 51.6 Å². The molecule has 0 aliphatic carbocycles. The number of hydrogen-bond donors (Lipinski definition) is 2. The molecular weight excluding hydrogens is 326 g/mol. The maximum Gasteiger partial charge on any atom is 0.314 e. The molecule has 0 bridgehead atoms. The maximum atomic E-state index is 12.1. The Labute approximate surface area is 155 Å². The zero-order valence-corrected chi connectivity index (χ0v) is 15.9. The summed E-state index contributed by atoms with van der Waals surface area (Å²) in [6, 6.07) is 15.3. The fraction of sp³-hybridized carbons (Fsp3) is 0.429. The van der Waals surface area contributed by atoms with Crippen molar-refractivity contribution in [1.29, 1.82) is 0 Å². The minimum atomic E-state index is -0.165. The third kappa shape index (κ3) is 6.06. The summed E-state index contributed by atoms with van der Waals surface area (Å²) in [6.45, 7) is 7.53. The van der Waals surface area contributed by atoms with Gasteiger partial charge >= 0.3 is 6.03 Å². The van der Waals surface area contributed by atoms with Gasteiger partial charge in [0.1, 0.15) is 0 Å². The van der Waals surface area contributed by atoms with E-state index in [1.54, 1.807) is 16.8 Å². The number of pyridine rings is 1. The van der Waals surface area contributed by atoms with Crippen LogP contribution in [0.25, 0.3) is 0 Å². The number of urea groups is 1. The molecule has 1 atom stereocenters. The van der Waals surface area contributed by atoms with Crippen LogP contribution in [-0.4, -0.2) is 23.2 Å². The zero-order valence-electron chi connectivity index (χ0n) is 15.9. The zero-order chi connectivity index (χ0) is 19.0. The molecule has 0 saturated carbocycles. The lowest BCUT2D eigenvalue weighted by atomic mass is 9.79. The van der Waals surface area contributed by atoms with Gasteiger partial charge in [-0.2, -0.15) is 0 Å². The normalized spacial score (nSPS) is 12.4. The number of hydrogen-bond acceptors (Lipinski definition) is 2. The Bertz CT molecular complexity index is 753. The fourth-order valence-corrected chi connectivity index (χ4v) is 3.20. The van der Waals surface area contributed by atoms with E-state index >= 15 is 0 Å². The summed E-state index contributed by atoms with van der Waals surface area (Å²) >= 11 is 0. The second-order valence-corrected chi connectivity index (χ2v) is 7.34. The summed E-state index contributed by atoms with van der Waals surface area (Å²) in [6.07, 6.45) is 3.32. The molecular formula is C21H29N3O2. The molecule has 1 unspecified atom stereocenters. The van der Waals surface area contributed by atoms with E-state index in [-0.39, 0.29) is 23.0 Å². The Morgan fingerprint density at radius 2 is 1.81 bits per heavy atom. The summed E-state index contributed by atoms with van der Waals surface area (Å²) in [7, 11) is 0.